The van der Waals surface area contributed by atoms with Crippen LogP contribution in [0.15, 0.2) is 48.5 Å². The zero-order chi connectivity index (χ0) is 27.6. The fourth-order valence-electron chi connectivity index (χ4n) is 4.85. The molecule has 5 nitrogen and oxygen atoms in total. The molecule has 1 heterocycles. The molecule has 2 aromatic rings. The normalized spacial score (nSPS) is 22.9. The van der Waals surface area contributed by atoms with Gasteiger partial charge in [-0.1, -0.05) is 30.3 Å². The number of nitrogens with two attached hydrogens (primary N) is 1. The highest BCUT2D eigenvalue weighted by Gasteiger charge is 2.44. The average molecular weight is 533 g/mol. The molecule has 1 amide bonds. The highest BCUT2D eigenvalue weighted by Crippen LogP contribution is 2.42. The molecule has 3 unspecified atom stereocenters. The number of halogens is 6. The van der Waals surface area contributed by atoms with Crippen molar-refractivity contribution >= 4 is 6.09 Å². The largest absolute Gasteiger partial charge is 0.446 e. The summed E-state index contributed by atoms with van der Waals surface area (Å²) in [5, 5.41) is 0. The van der Waals surface area contributed by atoms with Crippen molar-refractivity contribution in [3.63, 3.8) is 0 Å². The van der Waals surface area contributed by atoms with Gasteiger partial charge in [-0.15, -0.1) is 0 Å². The summed E-state index contributed by atoms with van der Waals surface area (Å²) in [6.45, 7) is 3.71. The molecule has 1 fully saturated rings. The van der Waals surface area contributed by atoms with Gasteiger partial charge in [-0.25, -0.2) is 4.79 Å². The van der Waals surface area contributed by atoms with Crippen LogP contribution in [-0.2, 0) is 27.4 Å². The van der Waals surface area contributed by atoms with E-state index in [4.69, 9.17) is 15.2 Å². The Morgan fingerprint density at radius 3 is 2.11 bits per heavy atom. The second kappa shape index (κ2) is 10.9. The van der Waals surface area contributed by atoms with E-state index in [0.717, 1.165) is 5.56 Å². The van der Waals surface area contributed by atoms with E-state index in [1.54, 1.807) is 6.92 Å². The van der Waals surface area contributed by atoms with Gasteiger partial charge >= 0.3 is 18.4 Å². The minimum Gasteiger partial charge on any atom is -0.446 e. The zero-order valence-electron chi connectivity index (χ0n) is 20.7. The van der Waals surface area contributed by atoms with Crippen molar-refractivity contribution < 1.29 is 40.6 Å². The van der Waals surface area contributed by atoms with Crippen LogP contribution in [0.5, 0.6) is 0 Å². The van der Waals surface area contributed by atoms with E-state index in [2.05, 4.69) is 0 Å². The minimum atomic E-state index is -4.94. The predicted octanol–water partition coefficient (Wildman–Crippen LogP) is 6.52. The first kappa shape index (κ1) is 28.8. The van der Waals surface area contributed by atoms with E-state index in [-0.39, 0.29) is 24.2 Å². The minimum absolute atomic E-state index is 0.0179. The number of carbonyl (C=O) groups is 1. The number of piperidine rings is 1. The number of hydrogen-bond donors (Lipinski definition) is 1. The van der Waals surface area contributed by atoms with Gasteiger partial charge in [0, 0.05) is 12.5 Å². The summed E-state index contributed by atoms with van der Waals surface area (Å²) in [4.78, 5) is 13.2. The van der Waals surface area contributed by atoms with Crippen molar-refractivity contribution in [3.05, 3.63) is 70.8 Å². The molecule has 1 aliphatic rings. The van der Waals surface area contributed by atoms with Gasteiger partial charge in [0.1, 0.15) is 6.10 Å². The van der Waals surface area contributed by atoms with E-state index >= 15 is 0 Å². The molecule has 0 radical (unpaired) electrons. The van der Waals surface area contributed by atoms with Crippen molar-refractivity contribution in [3.8, 4) is 0 Å². The van der Waals surface area contributed by atoms with Crippen molar-refractivity contribution in [2.75, 3.05) is 20.2 Å². The first-order valence-electron chi connectivity index (χ1n) is 11.8. The van der Waals surface area contributed by atoms with Crippen LogP contribution < -0.4 is 5.73 Å². The van der Waals surface area contributed by atoms with Crippen LogP contribution in [-0.4, -0.2) is 37.3 Å². The number of ether oxygens (including phenoxy) is 2. The van der Waals surface area contributed by atoms with E-state index < -0.39 is 47.3 Å². The Balaban J connectivity index is 1.88. The number of nitrogens with zero attached hydrogens (tertiary/aromatic N) is 1. The Morgan fingerprint density at radius 1 is 1.05 bits per heavy atom. The number of amides is 1. The molecule has 0 bridgehead atoms. The molecule has 0 aliphatic carbocycles. The fraction of sp³-hybridized carbons (Fsp3) is 0.500. The summed E-state index contributed by atoms with van der Waals surface area (Å²) in [5.74, 6) is -0.0235. The maximum Gasteiger partial charge on any atom is 0.416 e. The monoisotopic (exact) mass is 532 g/mol. The van der Waals surface area contributed by atoms with Crippen molar-refractivity contribution in [2.45, 2.75) is 56.8 Å². The van der Waals surface area contributed by atoms with Crippen LogP contribution in [0.3, 0.4) is 0 Å². The Hall–Kier alpha value is -2.79. The molecule has 3 rings (SSSR count). The number of hydrogen-bond acceptors (Lipinski definition) is 4. The lowest BCUT2D eigenvalue weighted by Crippen LogP contribution is -2.54. The number of likely N-dealkylation sites (tertiary alicyclic amines) is 1. The highest BCUT2D eigenvalue weighted by molar-refractivity contribution is 5.64. The molecule has 37 heavy (non-hydrogen) atoms. The molecule has 4 atom stereocenters. The van der Waals surface area contributed by atoms with Crippen LogP contribution in [0.4, 0.5) is 31.1 Å². The average Bonchev–Trinajstić information content (AvgIpc) is 2.82. The smallest absolute Gasteiger partial charge is 0.416 e. The van der Waals surface area contributed by atoms with Gasteiger partial charge in [0.25, 0.3) is 0 Å². The summed E-state index contributed by atoms with van der Waals surface area (Å²) in [6.07, 6.45) is -11.0. The molecule has 1 saturated heterocycles. The molecule has 0 spiro atoms. The Bertz CT molecular complexity index is 1040. The Labute approximate surface area is 211 Å². The number of benzene rings is 2. The van der Waals surface area contributed by atoms with E-state index in [1.165, 1.54) is 6.92 Å². The van der Waals surface area contributed by atoms with Crippen LogP contribution in [0, 0.1) is 5.92 Å². The van der Waals surface area contributed by atoms with Crippen molar-refractivity contribution in [1.82, 2.24) is 4.90 Å². The quantitative estimate of drug-likeness (QED) is 0.412. The van der Waals surface area contributed by atoms with Crippen LogP contribution in [0.25, 0.3) is 0 Å². The van der Waals surface area contributed by atoms with Crippen LogP contribution >= 0.6 is 0 Å². The molecule has 2 aromatic carbocycles. The maximum atomic E-state index is 13.3. The third-order valence-corrected chi connectivity index (χ3v) is 7.10. The van der Waals surface area contributed by atoms with Crippen LogP contribution in [0.2, 0.25) is 0 Å². The summed E-state index contributed by atoms with van der Waals surface area (Å²) in [7, 11) is 1.86. The molecular weight excluding hydrogens is 502 g/mol. The van der Waals surface area contributed by atoms with Gasteiger partial charge in [0.15, 0.2) is 0 Å². The molecule has 11 heteroatoms. The third kappa shape index (κ3) is 6.75. The molecule has 0 aromatic heterocycles. The zero-order valence-corrected chi connectivity index (χ0v) is 20.7. The van der Waals surface area contributed by atoms with Gasteiger partial charge in [0.2, 0.25) is 0 Å². The molecule has 2 N–H and O–H groups in total. The number of likely N-dealkylation sites (N-methyl/N-ethyl adjacent to an activating group) is 1. The summed E-state index contributed by atoms with van der Waals surface area (Å²) >= 11 is 0. The molecule has 0 saturated carbocycles. The lowest BCUT2D eigenvalue weighted by molar-refractivity contribution is -0.143. The highest BCUT2D eigenvalue weighted by atomic mass is 19.4. The topological polar surface area (TPSA) is 64.8 Å². The molecule has 1 aliphatic heterocycles. The second-order valence-electron chi connectivity index (χ2n) is 9.51. The lowest BCUT2D eigenvalue weighted by Gasteiger charge is -2.49. The Kier molecular flexibility index (Phi) is 8.48. The van der Waals surface area contributed by atoms with Gasteiger partial charge in [-0.3, -0.25) is 4.90 Å². The van der Waals surface area contributed by atoms with Crippen LogP contribution in [0.1, 0.15) is 55.0 Å². The first-order valence-corrected chi connectivity index (χ1v) is 11.8. The van der Waals surface area contributed by atoms with Gasteiger partial charge in [0.05, 0.1) is 29.4 Å². The van der Waals surface area contributed by atoms with E-state index in [1.807, 2.05) is 42.3 Å². The number of primary amides is 1. The second-order valence-corrected chi connectivity index (χ2v) is 9.51. The Morgan fingerprint density at radius 2 is 1.62 bits per heavy atom. The van der Waals surface area contributed by atoms with E-state index in [9.17, 15) is 31.1 Å². The van der Waals surface area contributed by atoms with Crippen molar-refractivity contribution in [2.24, 2.45) is 11.7 Å². The summed E-state index contributed by atoms with van der Waals surface area (Å²) in [6, 6.07) is 10.8. The third-order valence-electron chi connectivity index (χ3n) is 7.10. The number of alkyl halides is 6. The number of rotatable bonds is 7. The van der Waals surface area contributed by atoms with Gasteiger partial charge in [-0.05, 0) is 63.1 Å². The first-order chi connectivity index (χ1) is 17.1. The fourth-order valence-corrected chi connectivity index (χ4v) is 4.85. The predicted molar refractivity (Wildman–Crippen MR) is 124 cm³/mol. The standard InChI is InChI=1S/C26H30F6N2O3/c1-16(19-11-21(25(27,28)29)13-22(12-19)26(30,31)32)36-15-24(20-7-5-4-6-8-20)10-9-18(14-34(24)3)17(2)37-23(33)35/h4-8,11-13,16-18H,9-10,14-15H2,1-3H3,(H2,33,35)/t16?,17?,18?,24-/m1/s1. The lowest BCUT2D eigenvalue weighted by atomic mass is 9.77. The molecular formula is C26H30F6N2O3. The summed E-state index contributed by atoms with van der Waals surface area (Å²) < 4.78 is 91.2. The summed E-state index contributed by atoms with van der Waals surface area (Å²) in [5.41, 5.74) is 2.37. The molecule has 204 valence electrons. The SMILES string of the molecule is CC(OC[C@@]1(c2ccccc2)CCC(C(C)OC(N)=O)CN1C)c1cc(C(F)(F)F)cc(C(F)(F)F)c1. The van der Waals surface area contributed by atoms with Crippen molar-refractivity contribution in [1.29, 1.82) is 0 Å². The maximum absolute atomic E-state index is 13.3. The van der Waals surface area contributed by atoms with Gasteiger partial charge < -0.3 is 15.2 Å². The van der Waals surface area contributed by atoms with E-state index in [0.29, 0.717) is 31.5 Å². The van der Waals surface area contributed by atoms with Gasteiger partial charge in [-0.2, -0.15) is 26.3 Å². The number of carbonyl (C=O) groups excluding carboxylic acids is 1.